The molecule has 2 saturated heterocycles. The molecule has 0 aromatic rings. The molecule has 31 heavy (non-hydrogen) atoms. The summed E-state index contributed by atoms with van der Waals surface area (Å²) in [6, 6.07) is -0.631. The predicted molar refractivity (Wildman–Crippen MR) is 117 cm³/mol. The fourth-order valence-electron chi connectivity index (χ4n) is 4.13. The van der Waals surface area contributed by atoms with Crippen molar-refractivity contribution in [3.05, 3.63) is 0 Å². The number of likely N-dealkylation sites (tertiary alicyclic amines) is 2. The molecule has 0 saturated carbocycles. The zero-order valence-electron chi connectivity index (χ0n) is 19.9. The third kappa shape index (κ3) is 7.80. The number of rotatable bonds is 6. The van der Waals surface area contributed by atoms with E-state index in [0.717, 1.165) is 12.8 Å². The number of hydrogen-bond acceptors (Lipinski definition) is 7. The SMILES string of the molecule is CC(C)(C)OC(=O)N1CCC[C@H]1C(O)CNCC(O)[C@@H]1CCCN1C(=O)OC(C)(C)C. The van der Waals surface area contributed by atoms with Gasteiger partial charge in [0.05, 0.1) is 24.3 Å². The van der Waals surface area contributed by atoms with Crippen LogP contribution in [-0.4, -0.2) is 93.9 Å². The minimum absolute atomic E-state index is 0.236. The first-order valence-electron chi connectivity index (χ1n) is 11.3. The van der Waals surface area contributed by atoms with E-state index < -0.39 is 35.6 Å². The Morgan fingerprint density at radius 2 is 1.19 bits per heavy atom. The van der Waals surface area contributed by atoms with Crippen molar-refractivity contribution in [2.75, 3.05) is 26.2 Å². The van der Waals surface area contributed by atoms with Gasteiger partial charge < -0.3 is 34.8 Å². The van der Waals surface area contributed by atoms with Crippen LogP contribution in [0.2, 0.25) is 0 Å². The van der Waals surface area contributed by atoms with Crippen LogP contribution in [0, 0.1) is 0 Å². The zero-order chi connectivity index (χ0) is 23.4. The fraction of sp³-hybridized carbons (Fsp3) is 0.909. The minimum Gasteiger partial charge on any atom is -0.444 e. The second-order valence-electron chi connectivity index (χ2n) is 10.6. The number of amides is 2. The second-order valence-corrected chi connectivity index (χ2v) is 10.6. The lowest BCUT2D eigenvalue weighted by Gasteiger charge is -2.32. The van der Waals surface area contributed by atoms with E-state index in [9.17, 15) is 19.8 Å². The fourth-order valence-corrected chi connectivity index (χ4v) is 4.13. The molecule has 0 spiro atoms. The van der Waals surface area contributed by atoms with Gasteiger partial charge in [-0.1, -0.05) is 0 Å². The number of aliphatic hydroxyl groups excluding tert-OH is 2. The molecule has 2 unspecified atom stereocenters. The lowest BCUT2D eigenvalue weighted by molar-refractivity contribution is 0.00138. The van der Waals surface area contributed by atoms with Gasteiger partial charge in [0.15, 0.2) is 0 Å². The molecule has 0 aromatic carbocycles. The van der Waals surface area contributed by atoms with Crippen molar-refractivity contribution in [3.63, 3.8) is 0 Å². The van der Waals surface area contributed by atoms with E-state index in [0.29, 0.717) is 25.9 Å². The molecule has 2 aliphatic heterocycles. The highest BCUT2D eigenvalue weighted by Gasteiger charge is 2.38. The predicted octanol–water partition coefficient (Wildman–Crippen LogP) is 2.10. The Bertz CT molecular complexity index is 563. The number of ether oxygens (including phenoxy) is 2. The summed E-state index contributed by atoms with van der Waals surface area (Å²) < 4.78 is 10.9. The van der Waals surface area contributed by atoms with Crippen LogP contribution in [0.4, 0.5) is 9.59 Å². The normalized spacial score (nSPS) is 24.3. The van der Waals surface area contributed by atoms with Gasteiger partial charge in [0.25, 0.3) is 0 Å². The largest absolute Gasteiger partial charge is 0.444 e. The maximum absolute atomic E-state index is 12.4. The third-order valence-electron chi connectivity index (χ3n) is 5.45. The highest BCUT2D eigenvalue weighted by atomic mass is 16.6. The minimum atomic E-state index is -0.771. The van der Waals surface area contributed by atoms with E-state index >= 15 is 0 Å². The summed E-state index contributed by atoms with van der Waals surface area (Å²) >= 11 is 0. The van der Waals surface area contributed by atoms with Crippen LogP contribution in [-0.2, 0) is 9.47 Å². The monoisotopic (exact) mass is 443 g/mol. The van der Waals surface area contributed by atoms with Gasteiger partial charge in [-0.3, -0.25) is 0 Å². The maximum Gasteiger partial charge on any atom is 0.410 e. The van der Waals surface area contributed by atoms with E-state index in [2.05, 4.69) is 5.32 Å². The Kier molecular flexibility index (Phi) is 8.58. The van der Waals surface area contributed by atoms with Crippen molar-refractivity contribution < 1.29 is 29.3 Å². The van der Waals surface area contributed by atoms with Gasteiger partial charge in [0, 0.05) is 26.2 Å². The summed E-state index contributed by atoms with van der Waals surface area (Å²) in [5.41, 5.74) is -1.17. The van der Waals surface area contributed by atoms with Crippen molar-refractivity contribution in [1.82, 2.24) is 15.1 Å². The van der Waals surface area contributed by atoms with Crippen molar-refractivity contribution in [3.8, 4) is 0 Å². The van der Waals surface area contributed by atoms with Crippen LogP contribution in [0.5, 0.6) is 0 Å². The topological polar surface area (TPSA) is 112 Å². The number of nitrogens with one attached hydrogen (secondary N) is 1. The number of carbonyl (C=O) groups excluding carboxylic acids is 2. The average molecular weight is 444 g/mol. The Hall–Kier alpha value is -1.58. The van der Waals surface area contributed by atoms with Crippen LogP contribution < -0.4 is 5.32 Å². The van der Waals surface area contributed by atoms with Gasteiger partial charge in [-0.2, -0.15) is 0 Å². The van der Waals surface area contributed by atoms with Gasteiger partial charge in [0.1, 0.15) is 11.2 Å². The van der Waals surface area contributed by atoms with Crippen LogP contribution in [0.25, 0.3) is 0 Å². The standard InChI is InChI=1S/C22H41N3O6/c1-21(2,3)30-19(28)24-11-7-9-15(24)17(26)13-23-14-18(27)16-10-8-12-25(16)20(29)31-22(4,5)6/h15-18,23,26-27H,7-14H2,1-6H3/t15-,16-,17?,18?/m0/s1. The highest BCUT2D eigenvalue weighted by Crippen LogP contribution is 2.24. The van der Waals surface area contributed by atoms with Gasteiger partial charge >= 0.3 is 12.2 Å². The zero-order valence-corrected chi connectivity index (χ0v) is 19.9. The smallest absolute Gasteiger partial charge is 0.410 e. The summed E-state index contributed by atoms with van der Waals surface area (Å²) in [7, 11) is 0. The van der Waals surface area contributed by atoms with Gasteiger partial charge in [-0.05, 0) is 67.2 Å². The lowest BCUT2D eigenvalue weighted by Crippen LogP contribution is -2.51. The number of nitrogens with zero attached hydrogens (tertiary/aromatic N) is 2. The first kappa shape index (κ1) is 25.7. The summed E-state index contributed by atoms with van der Waals surface area (Å²) in [6.07, 6.45) is 0.688. The molecule has 0 radical (unpaired) electrons. The lowest BCUT2D eigenvalue weighted by atomic mass is 10.1. The molecule has 0 aromatic heterocycles. The number of carbonyl (C=O) groups is 2. The van der Waals surface area contributed by atoms with Crippen molar-refractivity contribution in [1.29, 1.82) is 0 Å². The van der Waals surface area contributed by atoms with E-state index in [1.807, 2.05) is 41.5 Å². The molecule has 180 valence electrons. The average Bonchev–Trinajstić information content (AvgIpc) is 3.28. The Labute approximate surface area is 186 Å². The van der Waals surface area contributed by atoms with Crippen molar-refractivity contribution >= 4 is 12.2 Å². The van der Waals surface area contributed by atoms with Crippen molar-refractivity contribution in [2.24, 2.45) is 0 Å². The van der Waals surface area contributed by atoms with Crippen LogP contribution in [0.3, 0.4) is 0 Å². The molecule has 3 N–H and O–H groups in total. The molecule has 2 fully saturated rings. The van der Waals surface area contributed by atoms with E-state index in [1.165, 1.54) is 0 Å². The van der Waals surface area contributed by atoms with Crippen LogP contribution in [0.15, 0.2) is 0 Å². The Morgan fingerprint density at radius 1 is 0.839 bits per heavy atom. The van der Waals surface area contributed by atoms with Crippen LogP contribution >= 0.6 is 0 Å². The van der Waals surface area contributed by atoms with Gasteiger partial charge in [-0.25, -0.2) is 9.59 Å². The molecule has 9 nitrogen and oxygen atoms in total. The van der Waals surface area contributed by atoms with Gasteiger partial charge in [-0.15, -0.1) is 0 Å². The molecule has 2 heterocycles. The molecule has 2 rings (SSSR count). The first-order chi connectivity index (χ1) is 14.3. The highest BCUT2D eigenvalue weighted by molar-refractivity contribution is 5.69. The molecule has 9 heteroatoms. The van der Waals surface area contributed by atoms with Crippen LogP contribution in [0.1, 0.15) is 67.2 Å². The first-order valence-corrected chi connectivity index (χ1v) is 11.3. The second kappa shape index (κ2) is 10.4. The summed E-state index contributed by atoms with van der Waals surface area (Å²) in [4.78, 5) is 28.0. The molecular weight excluding hydrogens is 402 g/mol. The van der Waals surface area contributed by atoms with E-state index in [1.54, 1.807) is 9.80 Å². The molecule has 2 amide bonds. The number of hydrogen-bond donors (Lipinski definition) is 3. The molecule has 4 atom stereocenters. The van der Waals surface area contributed by atoms with Gasteiger partial charge in [0.2, 0.25) is 0 Å². The Balaban J connectivity index is 1.82. The summed E-state index contributed by atoms with van der Waals surface area (Å²) in [6.45, 7) is 12.5. The van der Waals surface area contributed by atoms with E-state index in [4.69, 9.17) is 9.47 Å². The summed E-state index contributed by atoms with van der Waals surface area (Å²) in [5, 5.41) is 24.4. The van der Waals surface area contributed by atoms with E-state index in [-0.39, 0.29) is 25.2 Å². The quantitative estimate of drug-likeness (QED) is 0.576. The Morgan fingerprint density at radius 3 is 1.52 bits per heavy atom. The molecular formula is C22H41N3O6. The third-order valence-corrected chi connectivity index (χ3v) is 5.45. The maximum atomic E-state index is 12.4. The molecule has 0 bridgehead atoms. The number of aliphatic hydroxyl groups is 2. The molecule has 0 aliphatic carbocycles. The summed E-state index contributed by atoms with van der Waals surface area (Å²) in [5.74, 6) is 0. The molecule has 2 aliphatic rings. The van der Waals surface area contributed by atoms with Crippen molar-refractivity contribution in [2.45, 2.75) is 103 Å².